The Morgan fingerprint density at radius 2 is 1.89 bits per heavy atom. The lowest BCUT2D eigenvalue weighted by Crippen LogP contribution is -2.26. The Bertz CT molecular complexity index is 1510. The van der Waals surface area contributed by atoms with Crippen molar-refractivity contribution in [2.45, 2.75) is 19.1 Å². The standard InChI is InChI=1S/C23H14ClF5N4O5/c1-32(13-5-6-16-17(10-13)38-23(28,29)37-16)21(34)12-3-2-4-14(9-12)33-15(11-35-18-7-8-36-31-18)19(24)20(30-33)22(25,26)27/h2-10H,11H2,1H3. The molecule has 0 atom stereocenters. The molecule has 0 saturated heterocycles. The summed E-state index contributed by atoms with van der Waals surface area (Å²) in [7, 11) is 1.38. The molecule has 0 N–H and O–H groups in total. The van der Waals surface area contributed by atoms with Crippen LogP contribution in [0.15, 0.2) is 59.3 Å². The highest BCUT2D eigenvalue weighted by Gasteiger charge is 2.43. The summed E-state index contributed by atoms with van der Waals surface area (Å²) in [6, 6.07) is 10.7. The van der Waals surface area contributed by atoms with Gasteiger partial charge >= 0.3 is 12.5 Å². The number of halogens is 6. The maximum absolute atomic E-state index is 13.6. The van der Waals surface area contributed by atoms with E-state index in [2.05, 4.69) is 24.3 Å². The van der Waals surface area contributed by atoms with E-state index in [1.807, 2.05) is 0 Å². The third-order valence-corrected chi connectivity index (χ3v) is 5.77. The molecule has 0 fully saturated rings. The molecule has 0 unspecified atom stereocenters. The van der Waals surface area contributed by atoms with Crippen molar-refractivity contribution in [2.75, 3.05) is 11.9 Å². The molecule has 1 amide bonds. The summed E-state index contributed by atoms with van der Waals surface area (Å²) in [4.78, 5) is 14.3. The summed E-state index contributed by atoms with van der Waals surface area (Å²) in [5, 5.41) is 6.46. The molecule has 9 nitrogen and oxygen atoms in total. The second-order valence-corrected chi connectivity index (χ2v) is 8.24. The topological polar surface area (TPSA) is 91.9 Å². The van der Waals surface area contributed by atoms with Gasteiger partial charge in [-0.2, -0.15) is 18.3 Å². The minimum atomic E-state index is -4.87. The summed E-state index contributed by atoms with van der Waals surface area (Å²) in [6.07, 6.45) is -7.48. The Morgan fingerprint density at radius 1 is 1.13 bits per heavy atom. The Kier molecular flexibility index (Phi) is 6.13. The fourth-order valence-electron chi connectivity index (χ4n) is 3.60. The number of anilines is 1. The van der Waals surface area contributed by atoms with E-state index in [1.54, 1.807) is 0 Å². The van der Waals surface area contributed by atoms with Crippen molar-refractivity contribution < 1.29 is 45.5 Å². The minimum Gasteiger partial charge on any atom is -0.469 e. The Morgan fingerprint density at radius 3 is 2.61 bits per heavy atom. The van der Waals surface area contributed by atoms with Crippen LogP contribution in [0, 0.1) is 0 Å². The fraction of sp³-hybridized carbons (Fsp3) is 0.174. The number of hydrogen-bond acceptors (Lipinski definition) is 7. The first kappa shape index (κ1) is 25.3. The van der Waals surface area contributed by atoms with E-state index in [0.717, 1.165) is 9.58 Å². The molecule has 4 aromatic rings. The van der Waals surface area contributed by atoms with E-state index < -0.39 is 35.7 Å². The number of alkyl halides is 5. The molecule has 0 saturated carbocycles. The Hall–Kier alpha value is -4.33. The van der Waals surface area contributed by atoms with Crippen molar-refractivity contribution in [3.05, 3.63) is 76.8 Å². The van der Waals surface area contributed by atoms with Gasteiger partial charge in [0.25, 0.3) is 11.8 Å². The number of nitrogens with zero attached hydrogens (tertiary/aromatic N) is 4. The zero-order valence-electron chi connectivity index (χ0n) is 19.0. The number of hydrogen-bond donors (Lipinski definition) is 0. The lowest BCUT2D eigenvalue weighted by Gasteiger charge is -2.18. The van der Waals surface area contributed by atoms with Crippen LogP contribution >= 0.6 is 11.6 Å². The molecule has 198 valence electrons. The zero-order valence-corrected chi connectivity index (χ0v) is 19.8. The predicted molar refractivity (Wildman–Crippen MR) is 120 cm³/mol. The number of carbonyl (C=O) groups excluding carboxylic acids is 1. The van der Waals surface area contributed by atoms with Crippen molar-refractivity contribution in [2.24, 2.45) is 0 Å². The van der Waals surface area contributed by atoms with Crippen LogP contribution in [0.3, 0.4) is 0 Å². The molecule has 38 heavy (non-hydrogen) atoms. The molecule has 3 heterocycles. The number of ether oxygens (including phenoxy) is 3. The minimum absolute atomic E-state index is 0.00872. The van der Waals surface area contributed by atoms with Crippen LogP contribution in [0.5, 0.6) is 17.4 Å². The SMILES string of the molecule is CN(C(=O)c1cccc(-n2nc(C(F)(F)F)c(Cl)c2COc2ccon2)c1)c1ccc2c(c1)OC(F)(F)O2. The Labute approximate surface area is 214 Å². The van der Waals surface area contributed by atoms with Crippen molar-refractivity contribution in [3.63, 3.8) is 0 Å². The molecule has 2 aromatic carbocycles. The van der Waals surface area contributed by atoms with E-state index in [0.29, 0.717) is 0 Å². The summed E-state index contributed by atoms with van der Waals surface area (Å²) < 4.78 is 87.0. The second-order valence-electron chi connectivity index (χ2n) is 7.86. The van der Waals surface area contributed by atoms with Gasteiger partial charge in [-0.15, -0.1) is 8.78 Å². The van der Waals surface area contributed by atoms with Gasteiger partial charge in [-0.3, -0.25) is 4.79 Å². The third-order valence-electron chi connectivity index (χ3n) is 5.37. The first-order chi connectivity index (χ1) is 17.9. The summed E-state index contributed by atoms with van der Waals surface area (Å²) in [5.74, 6) is -1.05. The number of fused-ring (bicyclic) bond motifs is 1. The maximum Gasteiger partial charge on any atom is 0.586 e. The normalized spacial score (nSPS) is 14.0. The molecule has 0 radical (unpaired) electrons. The third kappa shape index (κ3) is 4.81. The number of carbonyl (C=O) groups is 1. The molecule has 0 bridgehead atoms. The van der Waals surface area contributed by atoms with Crippen molar-refractivity contribution in [1.29, 1.82) is 0 Å². The van der Waals surface area contributed by atoms with E-state index >= 15 is 0 Å². The zero-order chi connectivity index (χ0) is 27.2. The molecule has 1 aliphatic rings. The number of benzene rings is 2. The highest BCUT2D eigenvalue weighted by atomic mass is 35.5. The van der Waals surface area contributed by atoms with Crippen LogP contribution in [-0.2, 0) is 12.8 Å². The highest BCUT2D eigenvalue weighted by molar-refractivity contribution is 6.32. The number of rotatable bonds is 6. The van der Waals surface area contributed by atoms with Crippen LogP contribution < -0.4 is 19.1 Å². The van der Waals surface area contributed by atoms with Crippen LogP contribution in [-0.4, -0.2) is 34.2 Å². The first-order valence-corrected chi connectivity index (χ1v) is 11.0. The monoisotopic (exact) mass is 556 g/mol. The van der Waals surface area contributed by atoms with Gasteiger partial charge in [0.1, 0.15) is 18.6 Å². The van der Waals surface area contributed by atoms with Crippen LogP contribution in [0.1, 0.15) is 21.7 Å². The van der Waals surface area contributed by atoms with Crippen molar-refractivity contribution in [3.8, 4) is 23.1 Å². The largest absolute Gasteiger partial charge is 0.586 e. The number of aromatic nitrogens is 3. The molecular formula is C23H14ClF5N4O5. The summed E-state index contributed by atoms with van der Waals surface area (Å²) >= 11 is 6.03. The van der Waals surface area contributed by atoms with Crippen molar-refractivity contribution >= 4 is 23.2 Å². The van der Waals surface area contributed by atoms with Crippen LogP contribution in [0.25, 0.3) is 5.69 Å². The lowest BCUT2D eigenvalue weighted by atomic mass is 10.1. The van der Waals surface area contributed by atoms with Crippen molar-refractivity contribution in [1.82, 2.24) is 14.9 Å². The van der Waals surface area contributed by atoms with Gasteiger partial charge in [0, 0.05) is 30.4 Å². The van der Waals surface area contributed by atoms with Gasteiger partial charge in [-0.05, 0) is 35.5 Å². The van der Waals surface area contributed by atoms with E-state index in [-0.39, 0.29) is 40.0 Å². The van der Waals surface area contributed by atoms with Gasteiger partial charge in [-0.1, -0.05) is 17.7 Å². The quantitative estimate of drug-likeness (QED) is 0.281. The van der Waals surface area contributed by atoms with Gasteiger partial charge in [0.05, 0.1) is 10.7 Å². The van der Waals surface area contributed by atoms with E-state index in [9.17, 15) is 26.7 Å². The molecule has 1 aliphatic heterocycles. The Balaban J connectivity index is 1.46. The summed E-state index contributed by atoms with van der Waals surface area (Å²) in [6.45, 7) is -0.450. The number of amides is 1. The highest BCUT2D eigenvalue weighted by Crippen LogP contribution is 2.43. The second kappa shape index (κ2) is 9.20. The molecule has 15 heteroatoms. The molecular weight excluding hydrogens is 543 g/mol. The van der Waals surface area contributed by atoms with Gasteiger partial charge in [-0.25, -0.2) is 4.68 Å². The summed E-state index contributed by atoms with van der Waals surface area (Å²) in [5.41, 5.74) is -1.17. The fourth-order valence-corrected chi connectivity index (χ4v) is 3.88. The van der Waals surface area contributed by atoms with Gasteiger partial charge in [0.2, 0.25) is 0 Å². The molecule has 0 spiro atoms. The smallest absolute Gasteiger partial charge is 0.469 e. The van der Waals surface area contributed by atoms with Crippen LogP contribution in [0.4, 0.5) is 27.6 Å². The average Bonchev–Trinajstić information content (AvgIpc) is 3.57. The molecule has 0 aliphatic carbocycles. The molecule has 5 rings (SSSR count). The lowest BCUT2D eigenvalue weighted by molar-refractivity contribution is -0.286. The maximum atomic E-state index is 13.6. The predicted octanol–water partition coefficient (Wildman–Crippen LogP) is 5.71. The van der Waals surface area contributed by atoms with Gasteiger partial charge < -0.3 is 23.6 Å². The first-order valence-electron chi connectivity index (χ1n) is 10.6. The van der Waals surface area contributed by atoms with Gasteiger partial charge in [0.15, 0.2) is 17.2 Å². The molecule has 2 aromatic heterocycles. The average molecular weight is 557 g/mol. The van der Waals surface area contributed by atoms with Crippen LogP contribution in [0.2, 0.25) is 5.02 Å². The van der Waals surface area contributed by atoms with E-state index in [4.69, 9.17) is 16.3 Å². The van der Waals surface area contributed by atoms with E-state index in [1.165, 1.54) is 61.8 Å².